The van der Waals surface area contributed by atoms with E-state index in [9.17, 15) is 18.4 Å². The van der Waals surface area contributed by atoms with Gasteiger partial charge in [-0.25, -0.2) is 13.8 Å². The summed E-state index contributed by atoms with van der Waals surface area (Å²) in [7, 11) is 0. The number of nitrogens with zero attached hydrogens (tertiary/aromatic N) is 3. The second kappa shape index (κ2) is 7.65. The summed E-state index contributed by atoms with van der Waals surface area (Å²) in [5.74, 6) is -2.03. The molecule has 1 aromatic carbocycles. The van der Waals surface area contributed by atoms with E-state index in [2.05, 4.69) is 20.5 Å². The fraction of sp³-hybridized carbons (Fsp3) is 0.474. The van der Waals surface area contributed by atoms with Crippen molar-refractivity contribution in [2.75, 3.05) is 11.9 Å². The van der Waals surface area contributed by atoms with Crippen LogP contribution in [-0.2, 0) is 11.2 Å². The molecule has 4 rings (SSSR count). The molecule has 0 saturated heterocycles. The largest absolute Gasteiger partial charge is 0.324 e. The fourth-order valence-corrected chi connectivity index (χ4v) is 4.16. The van der Waals surface area contributed by atoms with E-state index in [4.69, 9.17) is 0 Å². The van der Waals surface area contributed by atoms with Crippen LogP contribution in [-0.4, -0.2) is 44.5 Å². The lowest BCUT2D eigenvalue weighted by Gasteiger charge is -2.31. The molecule has 1 saturated carbocycles. The van der Waals surface area contributed by atoms with E-state index < -0.39 is 29.5 Å². The number of benzene rings is 1. The molecule has 9 heteroatoms. The van der Waals surface area contributed by atoms with Gasteiger partial charge in [-0.2, -0.15) is 5.10 Å². The minimum Gasteiger partial charge on any atom is -0.324 e. The highest BCUT2D eigenvalue weighted by molar-refractivity contribution is 6.00. The van der Waals surface area contributed by atoms with Crippen LogP contribution in [0.2, 0.25) is 0 Å². The standard InChI is InChI=1S/C19H21F2N5O2/c20-13-7-12-5-6-15(18(27)24-16(12)14(21)8-13)26(9-11-3-1-2-4-11)19(28)17-22-10-23-25-17/h7-8,10-11,15H,1-6,9H2,(H,24,27)(H,22,23,25). The van der Waals surface area contributed by atoms with Gasteiger partial charge < -0.3 is 10.2 Å². The van der Waals surface area contributed by atoms with Crippen LogP contribution in [0.1, 0.15) is 48.3 Å². The maximum atomic E-state index is 14.2. The smallest absolute Gasteiger partial charge is 0.291 e. The Morgan fingerprint density at radius 1 is 1.21 bits per heavy atom. The van der Waals surface area contributed by atoms with Gasteiger partial charge in [0.2, 0.25) is 11.7 Å². The van der Waals surface area contributed by atoms with E-state index in [-0.39, 0.29) is 24.4 Å². The van der Waals surface area contributed by atoms with E-state index in [1.807, 2.05) is 0 Å². The molecule has 1 aromatic heterocycles. The molecule has 28 heavy (non-hydrogen) atoms. The maximum absolute atomic E-state index is 14.2. The van der Waals surface area contributed by atoms with E-state index in [0.29, 0.717) is 18.0 Å². The number of aromatic amines is 1. The van der Waals surface area contributed by atoms with E-state index in [1.165, 1.54) is 17.3 Å². The third-order valence-corrected chi connectivity index (χ3v) is 5.56. The Bertz CT molecular complexity index is 881. The Labute approximate surface area is 160 Å². The molecule has 1 fully saturated rings. The van der Waals surface area contributed by atoms with Gasteiger partial charge >= 0.3 is 0 Å². The van der Waals surface area contributed by atoms with Crippen molar-refractivity contribution in [3.8, 4) is 0 Å². The highest BCUT2D eigenvalue weighted by atomic mass is 19.1. The van der Waals surface area contributed by atoms with Crippen molar-refractivity contribution >= 4 is 17.5 Å². The number of carbonyl (C=O) groups is 2. The highest BCUT2D eigenvalue weighted by Crippen LogP contribution is 2.31. The van der Waals surface area contributed by atoms with Crippen molar-refractivity contribution in [1.29, 1.82) is 0 Å². The molecule has 0 spiro atoms. The van der Waals surface area contributed by atoms with Crippen LogP contribution in [0.15, 0.2) is 18.5 Å². The van der Waals surface area contributed by atoms with Crippen molar-refractivity contribution in [1.82, 2.24) is 20.1 Å². The third kappa shape index (κ3) is 3.61. The summed E-state index contributed by atoms with van der Waals surface area (Å²) in [5, 5.41) is 8.82. The van der Waals surface area contributed by atoms with E-state index in [0.717, 1.165) is 31.7 Å². The normalized spacial score (nSPS) is 19.8. The van der Waals surface area contributed by atoms with Crippen molar-refractivity contribution in [2.45, 2.75) is 44.6 Å². The van der Waals surface area contributed by atoms with Gasteiger partial charge in [-0.1, -0.05) is 12.8 Å². The van der Waals surface area contributed by atoms with Crippen LogP contribution in [0.25, 0.3) is 0 Å². The molecule has 0 bridgehead atoms. The number of H-pyrrole nitrogens is 1. The lowest BCUT2D eigenvalue weighted by Crippen LogP contribution is -2.49. The van der Waals surface area contributed by atoms with E-state index >= 15 is 0 Å². The molecule has 1 atom stereocenters. The number of carbonyl (C=O) groups excluding carboxylic acids is 2. The Kier molecular flexibility index (Phi) is 5.06. The number of hydrogen-bond donors (Lipinski definition) is 2. The van der Waals surface area contributed by atoms with Crippen molar-refractivity contribution in [2.24, 2.45) is 5.92 Å². The first-order valence-corrected chi connectivity index (χ1v) is 9.48. The number of aryl methyl sites for hydroxylation is 1. The molecule has 1 aliphatic carbocycles. The van der Waals surface area contributed by atoms with Crippen molar-refractivity contribution < 1.29 is 18.4 Å². The first-order chi connectivity index (χ1) is 13.5. The van der Waals surface area contributed by atoms with Crippen molar-refractivity contribution in [3.05, 3.63) is 41.5 Å². The molecule has 0 radical (unpaired) electrons. The molecule has 148 valence electrons. The summed E-state index contributed by atoms with van der Waals surface area (Å²) in [4.78, 5) is 31.3. The number of fused-ring (bicyclic) bond motifs is 1. The number of anilines is 1. The summed E-state index contributed by atoms with van der Waals surface area (Å²) >= 11 is 0. The second-order valence-electron chi connectivity index (χ2n) is 7.41. The molecule has 2 aromatic rings. The van der Waals surface area contributed by atoms with Gasteiger partial charge in [-0.15, -0.1) is 0 Å². The molecule has 2 heterocycles. The van der Waals surface area contributed by atoms with Crippen LogP contribution >= 0.6 is 0 Å². The summed E-state index contributed by atoms with van der Waals surface area (Å²) in [6.45, 7) is 0.421. The maximum Gasteiger partial charge on any atom is 0.291 e. The third-order valence-electron chi connectivity index (χ3n) is 5.56. The first kappa shape index (κ1) is 18.5. The van der Waals surface area contributed by atoms with Gasteiger partial charge in [0.25, 0.3) is 5.91 Å². The van der Waals surface area contributed by atoms with Crippen LogP contribution in [0.5, 0.6) is 0 Å². The Morgan fingerprint density at radius 3 is 2.71 bits per heavy atom. The van der Waals surface area contributed by atoms with Crippen LogP contribution in [0, 0.1) is 17.6 Å². The molecular formula is C19H21F2N5O2. The SMILES string of the molecule is O=C1Nc2c(F)cc(F)cc2CCC1N(CC1CCCC1)C(=O)c1ncn[nH]1. The average molecular weight is 389 g/mol. The first-order valence-electron chi connectivity index (χ1n) is 9.48. The Morgan fingerprint density at radius 2 is 2.00 bits per heavy atom. The summed E-state index contributed by atoms with van der Waals surface area (Å²) in [6, 6.07) is 1.17. The molecule has 7 nitrogen and oxygen atoms in total. The molecule has 2 aliphatic rings. The number of halogens is 2. The monoisotopic (exact) mass is 389 g/mol. The van der Waals surface area contributed by atoms with Crippen LogP contribution in [0.4, 0.5) is 14.5 Å². The number of hydrogen-bond acceptors (Lipinski definition) is 4. The van der Waals surface area contributed by atoms with Gasteiger partial charge in [0.1, 0.15) is 24.0 Å². The fourth-order valence-electron chi connectivity index (χ4n) is 4.16. The lowest BCUT2D eigenvalue weighted by molar-refractivity contribution is -0.120. The van der Waals surface area contributed by atoms with Gasteiger partial charge in [0.05, 0.1) is 5.69 Å². The molecule has 2 N–H and O–H groups in total. The second-order valence-corrected chi connectivity index (χ2v) is 7.41. The summed E-state index contributed by atoms with van der Waals surface area (Å²) < 4.78 is 27.8. The Balaban J connectivity index is 1.63. The predicted molar refractivity (Wildman–Crippen MR) is 96.5 cm³/mol. The number of amides is 2. The van der Waals surface area contributed by atoms with Crippen LogP contribution < -0.4 is 5.32 Å². The zero-order chi connectivity index (χ0) is 19.7. The number of rotatable bonds is 4. The van der Waals surface area contributed by atoms with Gasteiger partial charge in [-0.05, 0) is 43.2 Å². The van der Waals surface area contributed by atoms with Gasteiger partial charge in [0, 0.05) is 12.6 Å². The highest BCUT2D eigenvalue weighted by Gasteiger charge is 2.36. The zero-order valence-corrected chi connectivity index (χ0v) is 15.3. The zero-order valence-electron chi connectivity index (χ0n) is 15.3. The Hall–Kier alpha value is -2.84. The quantitative estimate of drug-likeness (QED) is 0.841. The lowest BCUT2D eigenvalue weighted by atomic mass is 10.0. The minimum atomic E-state index is -0.812. The number of nitrogens with one attached hydrogen (secondary N) is 2. The molecular weight excluding hydrogens is 368 g/mol. The number of aromatic nitrogens is 3. The van der Waals surface area contributed by atoms with Crippen molar-refractivity contribution in [3.63, 3.8) is 0 Å². The van der Waals surface area contributed by atoms with E-state index in [1.54, 1.807) is 0 Å². The molecule has 1 aliphatic heterocycles. The summed E-state index contributed by atoms with van der Waals surface area (Å²) in [5.41, 5.74) is 0.378. The molecule has 2 amide bonds. The van der Waals surface area contributed by atoms with Gasteiger partial charge in [-0.3, -0.25) is 14.7 Å². The topological polar surface area (TPSA) is 91.0 Å². The van der Waals surface area contributed by atoms with Crippen LogP contribution in [0.3, 0.4) is 0 Å². The molecule has 1 unspecified atom stereocenters. The summed E-state index contributed by atoms with van der Waals surface area (Å²) in [6.07, 6.45) is 5.97. The average Bonchev–Trinajstić information content (AvgIpc) is 3.34. The predicted octanol–water partition coefficient (Wildman–Crippen LogP) is 2.67. The minimum absolute atomic E-state index is 0.0122. The van der Waals surface area contributed by atoms with Gasteiger partial charge in [0.15, 0.2) is 0 Å².